The van der Waals surface area contributed by atoms with E-state index in [-0.39, 0.29) is 0 Å². The van der Waals surface area contributed by atoms with Gasteiger partial charge < -0.3 is 4.74 Å². The molecule has 0 saturated heterocycles. The zero-order valence-electron chi connectivity index (χ0n) is 8.26. The average molecular weight is 216 g/mol. The summed E-state index contributed by atoms with van der Waals surface area (Å²) in [6.45, 7) is 0. The van der Waals surface area contributed by atoms with Gasteiger partial charge >= 0.3 is 0 Å². The van der Waals surface area contributed by atoms with Gasteiger partial charge in [-0.25, -0.2) is 0 Å². The van der Waals surface area contributed by atoms with E-state index in [1.165, 1.54) is 0 Å². The minimum Gasteiger partial charge on any atom is -0.483 e. The Kier molecular flexibility index (Phi) is 3.30. The zero-order chi connectivity index (χ0) is 10.5. The Morgan fingerprint density at radius 1 is 0.867 bits per heavy atom. The van der Waals surface area contributed by atoms with Crippen LogP contribution in [0.5, 0.6) is 5.75 Å². The molecule has 2 aromatic carbocycles. The van der Waals surface area contributed by atoms with E-state index in [2.05, 4.69) is 24.8 Å². The van der Waals surface area contributed by atoms with Gasteiger partial charge in [0.15, 0.2) is 0 Å². The van der Waals surface area contributed by atoms with Crippen molar-refractivity contribution in [2.45, 2.75) is 0 Å². The van der Waals surface area contributed by atoms with Crippen LogP contribution in [0.2, 0.25) is 0 Å². The smallest absolute Gasteiger partial charge is 0.131 e. The van der Waals surface area contributed by atoms with Crippen molar-refractivity contribution in [2.24, 2.45) is 0 Å². The summed E-state index contributed by atoms with van der Waals surface area (Å²) in [7, 11) is 0. The third-order valence-corrected chi connectivity index (χ3v) is 2.32. The number of hydrogen-bond acceptors (Lipinski definition) is 2. The Bertz CT molecular complexity index is 426. The first-order chi connectivity index (χ1) is 7.42. The van der Waals surface area contributed by atoms with Crippen molar-refractivity contribution < 1.29 is 4.74 Å². The summed E-state index contributed by atoms with van der Waals surface area (Å²) in [4.78, 5) is 0. The lowest BCUT2D eigenvalue weighted by Gasteiger charge is -2.09. The van der Waals surface area contributed by atoms with E-state index in [1.807, 2.05) is 42.5 Å². The Labute approximate surface area is 95.1 Å². The predicted octanol–water partition coefficient (Wildman–Crippen LogP) is 3.62. The number of rotatable bonds is 3. The highest BCUT2D eigenvalue weighted by Crippen LogP contribution is 2.29. The quantitative estimate of drug-likeness (QED) is 0.609. The zero-order valence-corrected chi connectivity index (χ0v) is 9.15. The van der Waals surface area contributed by atoms with E-state index in [0.29, 0.717) is 5.94 Å². The topological polar surface area (TPSA) is 9.23 Å². The van der Waals surface area contributed by atoms with Gasteiger partial charge in [0.25, 0.3) is 0 Å². The summed E-state index contributed by atoms with van der Waals surface area (Å²) in [5.74, 6) is 1.27. The molecule has 0 unspecified atom stereocenters. The van der Waals surface area contributed by atoms with Crippen LogP contribution in [-0.4, -0.2) is 5.94 Å². The van der Waals surface area contributed by atoms with E-state index in [1.54, 1.807) is 0 Å². The van der Waals surface area contributed by atoms with E-state index < -0.39 is 0 Å². The first-order valence-electron chi connectivity index (χ1n) is 4.80. The summed E-state index contributed by atoms with van der Waals surface area (Å²) in [6, 6.07) is 18.2. The van der Waals surface area contributed by atoms with Crippen molar-refractivity contribution in [3.05, 3.63) is 54.6 Å². The maximum Gasteiger partial charge on any atom is 0.131 e. The van der Waals surface area contributed by atoms with Crippen LogP contribution in [0.3, 0.4) is 0 Å². The molecule has 0 aromatic heterocycles. The van der Waals surface area contributed by atoms with Crippen LogP contribution in [0.1, 0.15) is 0 Å². The number of thiol groups is 1. The minimum atomic E-state index is 0.393. The molecular weight excluding hydrogens is 204 g/mol. The fourth-order valence-electron chi connectivity index (χ4n) is 1.52. The Morgan fingerprint density at radius 3 is 2.27 bits per heavy atom. The minimum absolute atomic E-state index is 0.393. The molecule has 0 aliphatic carbocycles. The number of hydrogen-bond donors (Lipinski definition) is 1. The molecule has 0 bridgehead atoms. The molecule has 0 fully saturated rings. The molecule has 76 valence electrons. The highest BCUT2D eigenvalue weighted by Gasteiger charge is 2.03. The monoisotopic (exact) mass is 216 g/mol. The van der Waals surface area contributed by atoms with Crippen molar-refractivity contribution in [1.29, 1.82) is 0 Å². The number of para-hydroxylation sites is 1. The van der Waals surface area contributed by atoms with Gasteiger partial charge in [0.05, 0.1) is 0 Å². The molecular formula is C13H12OS. The normalized spacial score (nSPS) is 9.93. The fraction of sp³-hybridized carbons (Fsp3) is 0.0769. The summed E-state index contributed by atoms with van der Waals surface area (Å²) in [6.07, 6.45) is 0. The van der Waals surface area contributed by atoms with Gasteiger partial charge in [-0.3, -0.25) is 0 Å². The summed E-state index contributed by atoms with van der Waals surface area (Å²) in [5, 5.41) is 0. The van der Waals surface area contributed by atoms with Crippen molar-refractivity contribution in [2.75, 3.05) is 5.94 Å². The second kappa shape index (κ2) is 4.89. The second-order valence-electron chi connectivity index (χ2n) is 3.14. The molecule has 2 heteroatoms. The molecule has 0 amide bonds. The lowest BCUT2D eigenvalue weighted by molar-refractivity contribution is 0.396. The fourth-order valence-corrected chi connectivity index (χ4v) is 1.66. The summed E-state index contributed by atoms with van der Waals surface area (Å²) in [5.41, 5.74) is 2.27. The van der Waals surface area contributed by atoms with Crippen LogP contribution < -0.4 is 4.74 Å². The molecule has 0 atom stereocenters. The largest absolute Gasteiger partial charge is 0.483 e. The van der Waals surface area contributed by atoms with Crippen LogP contribution >= 0.6 is 12.6 Å². The molecule has 0 radical (unpaired) electrons. The van der Waals surface area contributed by atoms with Gasteiger partial charge in [-0.15, -0.1) is 12.6 Å². The molecule has 0 spiro atoms. The predicted molar refractivity (Wildman–Crippen MR) is 66.4 cm³/mol. The second-order valence-corrected chi connectivity index (χ2v) is 3.39. The molecule has 1 nitrogen and oxygen atoms in total. The maximum absolute atomic E-state index is 5.46. The number of benzene rings is 2. The maximum atomic E-state index is 5.46. The number of ether oxygens (including phenoxy) is 1. The molecule has 0 heterocycles. The first kappa shape index (κ1) is 10.1. The Hall–Kier alpha value is -1.41. The van der Waals surface area contributed by atoms with Crippen LogP contribution in [-0.2, 0) is 0 Å². The average Bonchev–Trinajstić information content (AvgIpc) is 2.31. The molecule has 2 rings (SSSR count). The van der Waals surface area contributed by atoms with Gasteiger partial charge in [-0.05, 0) is 11.6 Å². The van der Waals surface area contributed by atoms with Crippen molar-refractivity contribution in [1.82, 2.24) is 0 Å². The summed E-state index contributed by atoms with van der Waals surface area (Å²) < 4.78 is 5.46. The standard InChI is InChI=1S/C13H12OS/c15-10-14-13-9-5-4-8-12(13)11-6-2-1-3-7-11/h1-9,15H,10H2. The molecule has 15 heavy (non-hydrogen) atoms. The highest BCUT2D eigenvalue weighted by atomic mass is 32.1. The van der Waals surface area contributed by atoms with Gasteiger partial charge in [-0.2, -0.15) is 0 Å². The third-order valence-electron chi connectivity index (χ3n) is 2.19. The van der Waals surface area contributed by atoms with Gasteiger partial charge in [-0.1, -0.05) is 48.5 Å². The summed E-state index contributed by atoms with van der Waals surface area (Å²) >= 11 is 4.07. The van der Waals surface area contributed by atoms with E-state index >= 15 is 0 Å². The van der Waals surface area contributed by atoms with Crippen LogP contribution in [0.15, 0.2) is 54.6 Å². The highest BCUT2D eigenvalue weighted by molar-refractivity contribution is 7.80. The van der Waals surface area contributed by atoms with Gasteiger partial charge in [0, 0.05) is 5.56 Å². The van der Waals surface area contributed by atoms with Crippen molar-refractivity contribution in [3.8, 4) is 16.9 Å². The first-order valence-corrected chi connectivity index (χ1v) is 5.43. The molecule has 0 saturated carbocycles. The molecule has 0 aliphatic rings. The SMILES string of the molecule is SCOc1ccccc1-c1ccccc1. The van der Waals surface area contributed by atoms with Gasteiger partial charge in [0.2, 0.25) is 0 Å². The van der Waals surface area contributed by atoms with E-state index in [4.69, 9.17) is 4.74 Å². The Balaban J connectivity index is 2.43. The van der Waals surface area contributed by atoms with E-state index in [9.17, 15) is 0 Å². The van der Waals surface area contributed by atoms with Crippen molar-refractivity contribution >= 4 is 12.6 Å². The van der Waals surface area contributed by atoms with E-state index in [0.717, 1.165) is 16.9 Å². The third kappa shape index (κ3) is 2.34. The van der Waals surface area contributed by atoms with Gasteiger partial charge in [0.1, 0.15) is 11.7 Å². The van der Waals surface area contributed by atoms with Crippen LogP contribution in [0.4, 0.5) is 0 Å². The molecule has 0 aliphatic heterocycles. The van der Waals surface area contributed by atoms with Crippen LogP contribution in [0, 0.1) is 0 Å². The van der Waals surface area contributed by atoms with Crippen molar-refractivity contribution in [3.63, 3.8) is 0 Å². The molecule has 2 aromatic rings. The Morgan fingerprint density at radius 2 is 1.53 bits per heavy atom. The lowest BCUT2D eigenvalue weighted by atomic mass is 10.1. The lowest BCUT2D eigenvalue weighted by Crippen LogP contribution is -1.91. The molecule has 0 N–H and O–H groups in total. The van der Waals surface area contributed by atoms with Crippen LogP contribution in [0.25, 0.3) is 11.1 Å².